The quantitative estimate of drug-likeness (QED) is 0.144. The molecular weight excluding hydrogens is 444 g/mol. The number of carboxylic acid groups (broad SMARTS) is 3. The van der Waals surface area contributed by atoms with Gasteiger partial charge in [-0.15, -0.1) is 0 Å². The second-order valence-corrected chi connectivity index (χ2v) is 8.90. The van der Waals surface area contributed by atoms with Crippen LogP contribution >= 0.6 is 37.9 Å². The van der Waals surface area contributed by atoms with E-state index < -0.39 is 64.3 Å². The summed E-state index contributed by atoms with van der Waals surface area (Å²) in [4.78, 5) is 33.2. The predicted molar refractivity (Wildman–Crippen MR) is 115 cm³/mol. The van der Waals surface area contributed by atoms with Crippen molar-refractivity contribution in [1.82, 2.24) is 0 Å². The molecule has 6 N–H and O–H groups in total. The van der Waals surface area contributed by atoms with Gasteiger partial charge < -0.3 is 30.6 Å². The van der Waals surface area contributed by atoms with Gasteiger partial charge in [-0.05, 0) is 19.3 Å². The molecule has 29 heavy (non-hydrogen) atoms. The first-order valence-electron chi connectivity index (χ1n) is 8.97. The zero-order valence-electron chi connectivity index (χ0n) is 15.8. The fraction of sp³-hybridized carbons (Fsp3) is 0.824. The third-order valence-corrected chi connectivity index (χ3v) is 7.43. The van der Waals surface area contributed by atoms with Gasteiger partial charge in [-0.2, -0.15) is 37.9 Å². The molecule has 0 heterocycles. The van der Waals surface area contributed by atoms with E-state index in [4.69, 9.17) is 15.3 Å². The molecule has 0 fully saturated rings. The van der Waals surface area contributed by atoms with E-state index in [-0.39, 0.29) is 38.5 Å². The van der Waals surface area contributed by atoms with Gasteiger partial charge in [0.05, 0.1) is 19.8 Å². The number of aliphatic carboxylic acids is 3. The predicted octanol–water partition coefficient (Wildman–Crippen LogP) is 0.426. The van der Waals surface area contributed by atoms with E-state index in [1.54, 1.807) is 0 Å². The molecule has 170 valence electrons. The Kier molecular flexibility index (Phi) is 12.6. The lowest BCUT2D eigenvalue weighted by atomic mass is 9.56. The number of hydrogen-bond donors (Lipinski definition) is 9. The Morgan fingerprint density at radius 3 is 1.03 bits per heavy atom. The van der Waals surface area contributed by atoms with E-state index in [2.05, 4.69) is 37.9 Å². The highest BCUT2D eigenvalue weighted by atomic mass is 32.1. The number of aliphatic hydroxyl groups is 3. The molecule has 12 heteroatoms. The zero-order valence-corrected chi connectivity index (χ0v) is 18.5. The Morgan fingerprint density at radius 1 is 0.621 bits per heavy atom. The molecule has 0 amide bonds. The first-order valence-corrected chi connectivity index (χ1v) is 10.5. The van der Waals surface area contributed by atoms with Gasteiger partial charge >= 0.3 is 17.9 Å². The molecule has 0 aromatic rings. The summed E-state index contributed by atoms with van der Waals surface area (Å²) in [5, 5.41) is 54.8. The van der Waals surface area contributed by atoms with Crippen LogP contribution in [0.3, 0.4) is 0 Å². The zero-order chi connectivity index (χ0) is 22.8. The number of carboxylic acids is 3. The summed E-state index contributed by atoms with van der Waals surface area (Å²) in [6.07, 6.45) is -1.16. The van der Waals surface area contributed by atoms with Crippen molar-refractivity contribution in [2.45, 2.75) is 54.3 Å². The van der Waals surface area contributed by atoms with Crippen molar-refractivity contribution in [3.05, 3.63) is 0 Å². The topological polar surface area (TPSA) is 173 Å². The van der Waals surface area contributed by atoms with E-state index >= 15 is 0 Å². The molecule has 0 aliphatic rings. The van der Waals surface area contributed by atoms with Crippen molar-refractivity contribution >= 4 is 55.8 Å². The van der Waals surface area contributed by atoms with Crippen LogP contribution in [0.2, 0.25) is 0 Å². The van der Waals surface area contributed by atoms with Crippen molar-refractivity contribution in [2.24, 2.45) is 10.8 Å². The minimum Gasteiger partial charge on any atom is -0.481 e. The van der Waals surface area contributed by atoms with E-state index in [1.165, 1.54) is 0 Å². The van der Waals surface area contributed by atoms with E-state index in [0.29, 0.717) is 0 Å². The molecule has 0 aromatic heterocycles. The highest BCUT2D eigenvalue weighted by Crippen LogP contribution is 2.56. The van der Waals surface area contributed by atoms with Gasteiger partial charge in [-0.25, -0.2) is 0 Å². The Morgan fingerprint density at radius 2 is 0.862 bits per heavy atom. The van der Waals surface area contributed by atoms with Crippen molar-refractivity contribution in [3.8, 4) is 0 Å². The highest BCUT2D eigenvalue weighted by Gasteiger charge is 2.60. The van der Waals surface area contributed by atoms with E-state index in [9.17, 15) is 29.7 Å². The monoisotopic (exact) mass is 474 g/mol. The van der Waals surface area contributed by atoms with Gasteiger partial charge in [-0.1, -0.05) is 0 Å². The number of rotatable bonds is 16. The standard InChI is InChI=1S/C17H30O9S3/c18-7-16(8-19,9-20)17(10(27)1-4-13(21)22,11(28)2-5-14(23)24)12(29)3-6-15(25)26/h10-12,18-20,27-29H,1-9H2,(H,21,22)(H,23,24)(H,25,26). The summed E-state index contributed by atoms with van der Waals surface area (Å²) < 4.78 is 0. The molecule has 0 aliphatic carbocycles. The van der Waals surface area contributed by atoms with Crippen LogP contribution in [0.5, 0.6) is 0 Å². The van der Waals surface area contributed by atoms with Crippen molar-refractivity contribution in [2.75, 3.05) is 19.8 Å². The lowest BCUT2D eigenvalue weighted by Crippen LogP contribution is -2.64. The maximum atomic E-state index is 11.1. The molecule has 0 aromatic carbocycles. The molecule has 3 unspecified atom stereocenters. The van der Waals surface area contributed by atoms with Crippen molar-refractivity contribution in [3.63, 3.8) is 0 Å². The summed E-state index contributed by atoms with van der Waals surface area (Å²) >= 11 is 13.6. The Bertz CT molecular complexity index is 486. The van der Waals surface area contributed by atoms with Crippen LogP contribution in [0.4, 0.5) is 0 Å². The van der Waals surface area contributed by atoms with Gasteiger partial charge in [0.25, 0.3) is 0 Å². The minimum atomic E-state index is -1.67. The van der Waals surface area contributed by atoms with E-state index in [1.807, 2.05) is 0 Å². The number of thiol groups is 3. The van der Waals surface area contributed by atoms with Gasteiger partial charge in [0.15, 0.2) is 0 Å². The van der Waals surface area contributed by atoms with Gasteiger partial charge in [-0.3, -0.25) is 14.4 Å². The van der Waals surface area contributed by atoms with Crippen LogP contribution in [-0.2, 0) is 14.4 Å². The molecule has 0 aliphatic heterocycles. The first kappa shape index (κ1) is 28.3. The van der Waals surface area contributed by atoms with Crippen LogP contribution in [-0.4, -0.2) is 84.1 Å². The van der Waals surface area contributed by atoms with Crippen LogP contribution in [0.1, 0.15) is 38.5 Å². The fourth-order valence-corrected chi connectivity index (χ4v) is 6.43. The summed E-state index contributed by atoms with van der Waals surface area (Å²) in [5.74, 6) is -3.37. The minimum absolute atomic E-state index is 0.0611. The van der Waals surface area contributed by atoms with Crippen LogP contribution < -0.4 is 0 Å². The molecule has 0 bridgehead atoms. The second-order valence-electron chi connectivity index (χ2n) is 7.03. The largest absolute Gasteiger partial charge is 0.481 e. The summed E-state index contributed by atoms with van der Waals surface area (Å²) in [5.41, 5.74) is -3.17. The molecule has 0 saturated heterocycles. The first-order chi connectivity index (χ1) is 13.4. The van der Waals surface area contributed by atoms with Crippen LogP contribution in [0, 0.1) is 10.8 Å². The molecule has 3 atom stereocenters. The Labute approximate surface area is 185 Å². The summed E-state index contributed by atoms with van der Waals surface area (Å²) in [6.45, 7) is -2.25. The van der Waals surface area contributed by atoms with Crippen molar-refractivity contribution in [1.29, 1.82) is 0 Å². The molecule has 0 radical (unpaired) electrons. The molecule has 9 nitrogen and oxygen atoms in total. The Hall–Kier alpha value is -0.660. The SMILES string of the molecule is O=C(O)CCC(S)C(C(S)CCC(=O)O)(C(S)CCC(=O)O)C(CO)(CO)CO. The average Bonchev–Trinajstić information content (AvgIpc) is 2.66. The van der Waals surface area contributed by atoms with Gasteiger partial charge in [0.1, 0.15) is 0 Å². The van der Waals surface area contributed by atoms with Gasteiger partial charge in [0.2, 0.25) is 0 Å². The normalized spacial score (nSPS) is 17.2. The molecule has 0 rings (SSSR count). The number of aliphatic hydroxyl groups excluding tert-OH is 3. The average molecular weight is 475 g/mol. The number of carbonyl (C=O) groups is 3. The Balaban J connectivity index is 6.52. The number of hydrogen-bond acceptors (Lipinski definition) is 9. The smallest absolute Gasteiger partial charge is 0.303 e. The maximum Gasteiger partial charge on any atom is 0.303 e. The summed E-state index contributed by atoms with van der Waals surface area (Å²) in [6, 6.07) is 0. The summed E-state index contributed by atoms with van der Waals surface area (Å²) in [7, 11) is 0. The van der Waals surface area contributed by atoms with Gasteiger partial charge in [0, 0.05) is 45.8 Å². The highest BCUT2D eigenvalue weighted by molar-refractivity contribution is 7.83. The fourth-order valence-electron chi connectivity index (χ4n) is 3.78. The van der Waals surface area contributed by atoms with Crippen molar-refractivity contribution < 1.29 is 45.0 Å². The molecular formula is C17H30O9S3. The third kappa shape index (κ3) is 6.93. The second kappa shape index (κ2) is 12.9. The van der Waals surface area contributed by atoms with Crippen LogP contribution in [0.15, 0.2) is 0 Å². The molecule has 0 spiro atoms. The maximum absolute atomic E-state index is 11.1. The van der Waals surface area contributed by atoms with E-state index in [0.717, 1.165) is 0 Å². The molecule has 0 saturated carbocycles. The van der Waals surface area contributed by atoms with Crippen LogP contribution in [0.25, 0.3) is 0 Å². The third-order valence-electron chi connectivity index (χ3n) is 5.38. The lowest BCUT2D eigenvalue weighted by molar-refractivity contribution is -0.138. The lowest BCUT2D eigenvalue weighted by Gasteiger charge is -2.57.